The molecule has 4 heteroatoms. The first-order chi connectivity index (χ1) is 9.11. The molecule has 0 aliphatic carbocycles. The molecule has 1 nitrogen and oxygen atoms in total. The topological polar surface area (TPSA) is 12.0 Å². The smallest absolute Gasteiger partial charge is 0.131 e. The van der Waals surface area contributed by atoms with Crippen LogP contribution in [0, 0.1) is 11.6 Å². The lowest BCUT2D eigenvalue weighted by Gasteiger charge is -2.09. The summed E-state index contributed by atoms with van der Waals surface area (Å²) in [6, 6.07) is 9.38. The predicted molar refractivity (Wildman–Crippen MR) is 76.9 cm³/mol. The van der Waals surface area contributed by atoms with Gasteiger partial charge in [-0.2, -0.15) is 0 Å². The lowest BCUT2D eigenvalue weighted by atomic mass is 10.0. The molecule has 0 bridgehead atoms. The fraction of sp³-hybridized carbons (Fsp3) is 0.200. The highest BCUT2D eigenvalue weighted by Gasteiger charge is 2.09. The predicted octanol–water partition coefficient (Wildman–Crippen LogP) is 4.50. The zero-order chi connectivity index (χ0) is 13.8. The maximum absolute atomic E-state index is 13.8. The van der Waals surface area contributed by atoms with Crippen molar-refractivity contribution in [2.24, 2.45) is 0 Å². The summed E-state index contributed by atoms with van der Waals surface area (Å²) in [4.78, 5) is 0. The minimum absolute atomic E-state index is 0.278. The molecule has 0 aromatic heterocycles. The van der Waals surface area contributed by atoms with Crippen LogP contribution in [0.3, 0.4) is 0 Å². The third-order valence-corrected chi connectivity index (χ3v) is 3.34. The zero-order valence-electron chi connectivity index (χ0n) is 10.5. The summed E-state index contributed by atoms with van der Waals surface area (Å²) >= 11 is 3.32. The van der Waals surface area contributed by atoms with Crippen molar-refractivity contribution in [3.63, 3.8) is 0 Å². The minimum Gasteiger partial charge on any atom is -0.313 e. The van der Waals surface area contributed by atoms with E-state index >= 15 is 0 Å². The summed E-state index contributed by atoms with van der Waals surface area (Å²) in [5.74, 6) is -0.593. The third kappa shape index (κ3) is 3.39. The summed E-state index contributed by atoms with van der Waals surface area (Å²) in [5, 5.41) is 3.07. The van der Waals surface area contributed by atoms with Crippen LogP contribution in [0.4, 0.5) is 8.78 Å². The van der Waals surface area contributed by atoms with Crippen molar-refractivity contribution in [1.29, 1.82) is 0 Å². The summed E-state index contributed by atoms with van der Waals surface area (Å²) in [5.41, 5.74) is 1.68. The second kappa shape index (κ2) is 6.26. The van der Waals surface area contributed by atoms with Gasteiger partial charge < -0.3 is 5.32 Å². The monoisotopic (exact) mass is 325 g/mol. The summed E-state index contributed by atoms with van der Waals surface area (Å²) in [7, 11) is 0. The Morgan fingerprint density at radius 3 is 2.53 bits per heavy atom. The van der Waals surface area contributed by atoms with Crippen LogP contribution in [0.1, 0.15) is 12.5 Å². The quantitative estimate of drug-likeness (QED) is 0.872. The van der Waals surface area contributed by atoms with Crippen molar-refractivity contribution in [1.82, 2.24) is 5.32 Å². The molecule has 0 fully saturated rings. The Morgan fingerprint density at radius 1 is 1.05 bits per heavy atom. The van der Waals surface area contributed by atoms with Gasteiger partial charge in [-0.1, -0.05) is 28.9 Å². The van der Waals surface area contributed by atoms with Gasteiger partial charge in [0.15, 0.2) is 0 Å². The fourth-order valence-electron chi connectivity index (χ4n) is 1.86. The molecule has 0 radical (unpaired) electrons. The first-order valence-electron chi connectivity index (χ1n) is 6.06. The highest BCUT2D eigenvalue weighted by atomic mass is 79.9. The molecule has 0 spiro atoms. The van der Waals surface area contributed by atoms with Crippen LogP contribution in [0.5, 0.6) is 0 Å². The van der Waals surface area contributed by atoms with Crippen molar-refractivity contribution in [3.8, 4) is 11.1 Å². The minimum atomic E-state index is -0.316. The molecule has 0 unspecified atom stereocenters. The number of rotatable bonds is 4. The molecule has 1 N–H and O–H groups in total. The van der Waals surface area contributed by atoms with Crippen molar-refractivity contribution >= 4 is 15.9 Å². The second-order valence-electron chi connectivity index (χ2n) is 4.21. The van der Waals surface area contributed by atoms with E-state index in [2.05, 4.69) is 21.2 Å². The van der Waals surface area contributed by atoms with E-state index in [9.17, 15) is 8.78 Å². The molecule has 0 saturated carbocycles. The summed E-state index contributed by atoms with van der Waals surface area (Å²) in [6.07, 6.45) is 0. The highest BCUT2D eigenvalue weighted by Crippen LogP contribution is 2.27. The van der Waals surface area contributed by atoms with Gasteiger partial charge in [0.2, 0.25) is 0 Å². The average molecular weight is 326 g/mol. The first kappa shape index (κ1) is 14.2. The molecule has 0 aliphatic rings. The molecule has 0 amide bonds. The summed E-state index contributed by atoms with van der Waals surface area (Å²) in [6.45, 7) is 3.15. The molecule has 2 aromatic rings. The molecule has 0 heterocycles. The highest BCUT2D eigenvalue weighted by molar-refractivity contribution is 9.10. The Hall–Kier alpha value is -1.26. The lowest BCUT2D eigenvalue weighted by Crippen LogP contribution is -2.13. The standard InChI is InChI=1S/C15H14BrF2N/c1-2-19-9-11-7-10(3-5-14(11)17)13-8-12(16)4-6-15(13)18/h3-8,19H,2,9H2,1H3. The van der Waals surface area contributed by atoms with Crippen molar-refractivity contribution < 1.29 is 8.78 Å². The maximum Gasteiger partial charge on any atom is 0.131 e. The van der Waals surface area contributed by atoms with E-state index in [0.29, 0.717) is 23.2 Å². The van der Waals surface area contributed by atoms with E-state index in [1.54, 1.807) is 24.3 Å². The van der Waals surface area contributed by atoms with Gasteiger partial charge in [-0.3, -0.25) is 0 Å². The van der Waals surface area contributed by atoms with Gasteiger partial charge in [-0.25, -0.2) is 8.78 Å². The van der Waals surface area contributed by atoms with Crippen LogP contribution in [0.25, 0.3) is 11.1 Å². The number of hydrogen-bond donors (Lipinski definition) is 1. The Kier molecular flexibility index (Phi) is 4.66. The zero-order valence-corrected chi connectivity index (χ0v) is 12.1. The van der Waals surface area contributed by atoms with Gasteiger partial charge in [0, 0.05) is 22.1 Å². The second-order valence-corrected chi connectivity index (χ2v) is 5.13. The van der Waals surface area contributed by atoms with Crippen LogP contribution >= 0.6 is 15.9 Å². The van der Waals surface area contributed by atoms with Crippen LogP contribution in [-0.2, 0) is 6.54 Å². The van der Waals surface area contributed by atoms with Gasteiger partial charge in [0.25, 0.3) is 0 Å². The molecule has 0 saturated heterocycles. The van der Waals surface area contributed by atoms with Gasteiger partial charge in [-0.15, -0.1) is 0 Å². The fourth-order valence-corrected chi connectivity index (χ4v) is 2.22. The molecule has 0 aliphatic heterocycles. The first-order valence-corrected chi connectivity index (χ1v) is 6.85. The Bertz CT molecular complexity index is 584. The van der Waals surface area contributed by atoms with E-state index in [1.165, 1.54) is 12.1 Å². The molecular weight excluding hydrogens is 312 g/mol. The van der Waals surface area contributed by atoms with E-state index in [1.807, 2.05) is 6.92 Å². The molecule has 2 aromatic carbocycles. The van der Waals surface area contributed by atoms with Gasteiger partial charge in [0.05, 0.1) is 0 Å². The van der Waals surface area contributed by atoms with E-state index in [4.69, 9.17) is 0 Å². The van der Waals surface area contributed by atoms with Gasteiger partial charge in [0.1, 0.15) is 11.6 Å². The number of benzene rings is 2. The maximum atomic E-state index is 13.8. The Morgan fingerprint density at radius 2 is 1.79 bits per heavy atom. The molecule has 100 valence electrons. The van der Waals surface area contributed by atoms with Gasteiger partial charge in [-0.05, 0) is 42.4 Å². The van der Waals surface area contributed by atoms with Crippen molar-refractivity contribution in [2.45, 2.75) is 13.5 Å². The third-order valence-electron chi connectivity index (χ3n) is 2.85. The van der Waals surface area contributed by atoms with E-state index in [-0.39, 0.29) is 11.6 Å². The van der Waals surface area contributed by atoms with Gasteiger partial charge >= 0.3 is 0 Å². The largest absolute Gasteiger partial charge is 0.313 e. The normalized spacial score (nSPS) is 10.7. The van der Waals surface area contributed by atoms with Crippen molar-refractivity contribution in [2.75, 3.05) is 6.54 Å². The average Bonchev–Trinajstić information content (AvgIpc) is 2.41. The Balaban J connectivity index is 2.42. The van der Waals surface area contributed by atoms with Crippen LogP contribution in [-0.4, -0.2) is 6.54 Å². The lowest BCUT2D eigenvalue weighted by molar-refractivity contribution is 0.593. The van der Waals surface area contributed by atoms with Crippen LogP contribution in [0.2, 0.25) is 0 Å². The van der Waals surface area contributed by atoms with Crippen molar-refractivity contribution in [3.05, 3.63) is 58.1 Å². The SMILES string of the molecule is CCNCc1cc(-c2cc(Br)ccc2F)ccc1F. The number of nitrogens with one attached hydrogen (secondary N) is 1. The molecular formula is C15H14BrF2N. The molecule has 2 rings (SSSR count). The Labute approximate surface area is 119 Å². The van der Waals surface area contributed by atoms with Crippen LogP contribution < -0.4 is 5.32 Å². The number of hydrogen-bond acceptors (Lipinski definition) is 1. The molecule has 0 atom stereocenters. The number of halogens is 3. The van der Waals surface area contributed by atoms with E-state index < -0.39 is 0 Å². The molecule has 19 heavy (non-hydrogen) atoms. The van der Waals surface area contributed by atoms with Crippen LogP contribution in [0.15, 0.2) is 40.9 Å². The van der Waals surface area contributed by atoms with E-state index in [0.717, 1.165) is 11.0 Å². The summed E-state index contributed by atoms with van der Waals surface area (Å²) < 4.78 is 28.2.